The Bertz CT molecular complexity index is 1000. The topological polar surface area (TPSA) is 102 Å². The van der Waals surface area contributed by atoms with Crippen molar-refractivity contribution in [1.29, 1.82) is 0 Å². The lowest BCUT2D eigenvalue weighted by atomic mass is 10.2. The van der Waals surface area contributed by atoms with Crippen molar-refractivity contribution in [1.82, 2.24) is 4.72 Å². The fourth-order valence-corrected chi connectivity index (χ4v) is 4.10. The number of sulfonamides is 1. The molecule has 0 atom stereocenters. The molecule has 1 aliphatic rings. The Morgan fingerprint density at radius 1 is 1.14 bits per heavy atom. The molecule has 0 radical (unpaired) electrons. The van der Waals surface area contributed by atoms with E-state index >= 15 is 0 Å². The van der Waals surface area contributed by atoms with Crippen LogP contribution in [0.2, 0.25) is 0 Å². The van der Waals surface area contributed by atoms with Gasteiger partial charge in [-0.05, 0) is 43.2 Å². The Morgan fingerprint density at radius 3 is 2.45 bits per heavy atom. The van der Waals surface area contributed by atoms with Crippen LogP contribution in [0.1, 0.15) is 23.2 Å². The lowest BCUT2D eigenvalue weighted by Gasteiger charge is -2.17. The minimum atomic E-state index is -3.83. The molecule has 1 amide bonds. The van der Waals surface area contributed by atoms with Gasteiger partial charge >= 0.3 is 5.97 Å². The third kappa shape index (κ3) is 5.12. The van der Waals surface area contributed by atoms with Gasteiger partial charge in [0.15, 0.2) is 6.61 Å². The minimum Gasteiger partial charge on any atom is -0.495 e. The molecule has 0 aromatic heterocycles. The van der Waals surface area contributed by atoms with Crippen LogP contribution in [0.25, 0.3) is 0 Å². The number of ether oxygens (including phenoxy) is 2. The van der Waals surface area contributed by atoms with Gasteiger partial charge in [-0.15, -0.1) is 0 Å². The van der Waals surface area contributed by atoms with Crippen LogP contribution >= 0.6 is 0 Å². The Morgan fingerprint density at radius 2 is 1.83 bits per heavy atom. The van der Waals surface area contributed by atoms with Crippen LogP contribution in [0.4, 0.5) is 5.69 Å². The molecule has 0 heterocycles. The van der Waals surface area contributed by atoms with Gasteiger partial charge in [-0.3, -0.25) is 4.79 Å². The SMILES string of the molecule is COc1ccc(C(=O)OCC(=O)N(C)c2ccccc2)cc1S(=O)(=O)NC1CC1. The maximum absolute atomic E-state index is 12.5. The van der Waals surface area contributed by atoms with E-state index in [-0.39, 0.29) is 22.3 Å². The highest BCUT2D eigenvalue weighted by molar-refractivity contribution is 7.89. The first-order valence-electron chi connectivity index (χ1n) is 9.01. The Balaban J connectivity index is 1.70. The van der Waals surface area contributed by atoms with Crippen molar-refractivity contribution in [3.63, 3.8) is 0 Å². The lowest BCUT2D eigenvalue weighted by Crippen LogP contribution is -2.31. The molecule has 0 saturated heterocycles. The normalized spacial score (nSPS) is 13.6. The van der Waals surface area contributed by atoms with Crippen molar-refractivity contribution in [2.75, 3.05) is 25.7 Å². The average Bonchev–Trinajstić information content (AvgIpc) is 3.54. The third-order valence-corrected chi connectivity index (χ3v) is 5.97. The Labute approximate surface area is 169 Å². The van der Waals surface area contributed by atoms with Crippen LogP contribution < -0.4 is 14.4 Å². The van der Waals surface area contributed by atoms with Crippen molar-refractivity contribution in [3.05, 3.63) is 54.1 Å². The molecule has 1 fully saturated rings. The van der Waals surface area contributed by atoms with E-state index in [1.54, 1.807) is 31.3 Å². The number of nitrogens with zero attached hydrogens (tertiary/aromatic N) is 1. The number of carbonyl (C=O) groups is 2. The summed E-state index contributed by atoms with van der Waals surface area (Å²) in [5.74, 6) is -1.10. The van der Waals surface area contributed by atoms with E-state index in [1.807, 2.05) is 6.07 Å². The highest BCUT2D eigenvalue weighted by Crippen LogP contribution is 2.28. The van der Waals surface area contributed by atoms with E-state index in [0.29, 0.717) is 5.69 Å². The monoisotopic (exact) mass is 418 g/mol. The number of hydrogen-bond donors (Lipinski definition) is 1. The second kappa shape index (κ2) is 8.62. The fraction of sp³-hybridized carbons (Fsp3) is 0.300. The quantitative estimate of drug-likeness (QED) is 0.658. The van der Waals surface area contributed by atoms with E-state index in [0.717, 1.165) is 12.8 Å². The maximum Gasteiger partial charge on any atom is 0.338 e. The highest BCUT2D eigenvalue weighted by atomic mass is 32.2. The molecule has 0 spiro atoms. The second-order valence-corrected chi connectivity index (χ2v) is 8.31. The highest BCUT2D eigenvalue weighted by Gasteiger charge is 2.30. The maximum atomic E-state index is 12.5. The average molecular weight is 418 g/mol. The van der Waals surface area contributed by atoms with Gasteiger partial charge in [-0.25, -0.2) is 17.9 Å². The van der Waals surface area contributed by atoms with Gasteiger partial charge < -0.3 is 14.4 Å². The predicted octanol–water partition coefficient (Wildman–Crippen LogP) is 1.96. The largest absolute Gasteiger partial charge is 0.495 e. The van der Waals surface area contributed by atoms with Gasteiger partial charge in [0, 0.05) is 18.8 Å². The molecule has 9 heteroatoms. The number of nitrogens with one attached hydrogen (secondary N) is 1. The number of rotatable bonds is 8. The van der Waals surface area contributed by atoms with Crippen LogP contribution in [0.5, 0.6) is 5.75 Å². The molecule has 2 aromatic rings. The number of methoxy groups -OCH3 is 1. The smallest absolute Gasteiger partial charge is 0.338 e. The molecule has 154 valence electrons. The molecule has 1 saturated carbocycles. The molecule has 8 nitrogen and oxygen atoms in total. The zero-order chi connectivity index (χ0) is 21.0. The number of para-hydroxylation sites is 1. The van der Waals surface area contributed by atoms with Gasteiger partial charge in [0.05, 0.1) is 12.7 Å². The van der Waals surface area contributed by atoms with Gasteiger partial charge in [-0.1, -0.05) is 18.2 Å². The van der Waals surface area contributed by atoms with E-state index < -0.39 is 28.5 Å². The summed E-state index contributed by atoms with van der Waals surface area (Å²) in [5, 5.41) is 0. The first kappa shape index (κ1) is 20.8. The van der Waals surface area contributed by atoms with E-state index in [4.69, 9.17) is 9.47 Å². The first-order chi connectivity index (χ1) is 13.8. The van der Waals surface area contributed by atoms with Crippen molar-refractivity contribution in [2.24, 2.45) is 0 Å². The fourth-order valence-electron chi connectivity index (χ4n) is 2.60. The molecule has 0 bridgehead atoms. The predicted molar refractivity (Wildman–Crippen MR) is 106 cm³/mol. The third-order valence-electron chi connectivity index (χ3n) is 4.43. The summed E-state index contributed by atoms with van der Waals surface area (Å²) in [6.07, 6.45) is 1.56. The van der Waals surface area contributed by atoms with Crippen molar-refractivity contribution in [2.45, 2.75) is 23.8 Å². The van der Waals surface area contributed by atoms with E-state index in [1.165, 1.54) is 30.2 Å². The summed E-state index contributed by atoms with van der Waals surface area (Å²) in [6.45, 7) is -0.474. The summed E-state index contributed by atoms with van der Waals surface area (Å²) in [6, 6.07) is 12.8. The van der Waals surface area contributed by atoms with Gasteiger partial charge in [0.1, 0.15) is 10.6 Å². The van der Waals surface area contributed by atoms with Gasteiger partial charge in [0.25, 0.3) is 5.91 Å². The first-order valence-corrected chi connectivity index (χ1v) is 10.5. The van der Waals surface area contributed by atoms with Crippen LogP contribution in [0.3, 0.4) is 0 Å². The number of esters is 1. The molecular weight excluding hydrogens is 396 g/mol. The lowest BCUT2D eigenvalue weighted by molar-refractivity contribution is -0.121. The van der Waals surface area contributed by atoms with E-state index in [2.05, 4.69) is 4.72 Å². The van der Waals surface area contributed by atoms with E-state index in [9.17, 15) is 18.0 Å². The molecular formula is C20H22N2O6S. The van der Waals surface area contributed by atoms with Crippen LogP contribution in [-0.2, 0) is 19.6 Å². The van der Waals surface area contributed by atoms with Crippen LogP contribution in [0.15, 0.2) is 53.4 Å². The molecule has 29 heavy (non-hydrogen) atoms. The molecule has 0 unspecified atom stereocenters. The Hall–Kier alpha value is -2.91. The van der Waals surface area contributed by atoms with Crippen LogP contribution in [-0.4, -0.2) is 47.1 Å². The minimum absolute atomic E-state index is 0.0112. The summed E-state index contributed by atoms with van der Waals surface area (Å²) >= 11 is 0. The second-order valence-electron chi connectivity index (χ2n) is 6.63. The zero-order valence-electron chi connectivity index (χ0n) is 16.1. The molecule has 1 aliphatic carbocycles. The summed E-state index contributed by atoms with van der Waals surface area (Å²) < 4.78 is 37.8. The summed E-state index contributed by atoms with van der Waals surface area (Å²) in [4.78, 5) is 25.9. The zero-order valence-corrected chi connectivity index (χ0v) is 16.9. The number of hydrogen-bond acceptors (Lipinski definition) is 6. The number of anilines is 1. The summed E-state index contributed by atoms with van der Waals surface area (Å²) in [5.41, 5.74) is 0.676. The van der Waals surface area contributed by atoms with Crippen molar-refractivity contribution in [3.8, 4) is 5.75 Å². The van der Waals surface area contributed by atoms with Gasteiger partial charge in [-0.2, -0.15) is 0 Å². The number of amides is 1. The van der Waals surface area contributed by atoms with Crippen molar-refractivity contribution >= 4 is 27.6 Å². The summed E-state index contributed by atoms with van der Waals surface area (Å²) in [7, 11) is -0.909. The molecule has 0 aliphatic heterocycles. The molecule has 3 rings (SSSR count). The van der Waals surface area contributed by atoms with Crippen LogP contribution in [0, 0.1) is 0 Å². The molecule has 1 N–H and O–H groups in total. The Kier molecular flexibility index (Phi) is 6.19. The van der Waals surface area contributed by atoms with Crippen molar-refractivity contribution < 1.29 is 27.5 Å². The number of carbonyl (C=O) groups excluding carboxylic acids is 2. The number of likely N-dealkylation sites (N-methyl/N-ethyl adjacent to an activating group) is 1. The number of benzene rings is 2. The van der Waals surface area contributed by atoms with Gasteiger partial charge in [0.2, 0.25) is 10.0 Å². The standard InChI is InChI=1S/C20H22N2O6S/c1-22(16-6-4-3-5-7-16)19(23)13-28-20(24)14-8-11-17(27-2)18(12-14)29(25,26)21-15-9-10-15/h3-8,11-12,15,21H,9-10,13H2,1-2H3. The molecule has 2 aromatic carbocycles.